The number of nitrogens with one attached hydrogen (secondary N) is 1. The van der Waals surface area contributed by atoms with Crippen molar-refractivity contribution >= 4 is 28.4 Å². The second-order valence-corrected chi connectivity index (χ2v) is 5.96. The number of alkyl halides is 1. The molecule has 0 fully saturated rings. The van der Waals surface area contributed by atoms with Crippen LogP contribution in [0.1, 0.15) is 12.8 Å². The molecule has 3 rings (SSSR count). The fourth-order valence-electron chi connectivity index (χ4n) is 2.68. The van der Waals surface area contributed by atoms with Gasteiger partial charge in [-0.3, -0.25) is 14.9 Å². The Bertz CT molecular complexity index is 748. The number of allylic oxidation sites excluding steroid dienone is 2. The molecule has 0 unspecified atom stereocenters. The van der Waals surface area contributed by atoms with Gasteiger partial charge in [0.15, 0.2) is 0 Å². The molecule has 1 aromatic carbocycles. The van der Waals surface area contributed by atoms with E-state index in [0.717, 1.165) is 35.9 Å². The van der Waals surface area contributed by atoms with Gasteiger partial charge in [0.1, 0.15) is 0 Å². The summed E-state index contributed by atoms with van der Waals surface area (Å²) in [7, 11) is 0. The van der Waals surface area contributed by atoms with Crippen LogP contribution in [0, 0.1) is 0 Å². The number of fused-ring (bicyclic) bond motifs is 1. The maximum absolute atomic E-state index is 12.5. The van der Waals surface area contributed by atoms with Gasteiger partial charge in [-0.05, 0) is 37.3 Å². The third-order valence-electron chi connectivity index (χ3n) is 3.91. The number of nitrogens with zero attached hydrogens (tertiary/aromatic N) is 2. The average molecular weight is 330 g/mol. The predicted octanol–water partition coefficient (Wildman–Crippen LogP) is 3.49. The molecule has 2 aromatic rings. The molecule has 1 aliphatic heterocycles. The minimum absolute atomic E-state index is 0.0713. The molecule has 2 heterocycles. The Morgan fingerprint density at radius 3 is 2.96 bits per heavy atom. The molecule has 0 saturated carbocycles. The van der Waals surface area contributed by atoms with Crippen molar-refractivity contribution in [2.75, 3.05) is 24.4 Å². The van der Waals surface area contributed by atoms with Gasteiger partial charge in [0, 0.05) is 36.1 Å². The molecule has 0 bridgehead atoms. The first kappa shape index (κ1) is 15.7. The van der Waals surface area contributed by atoms with Crippen molar-refractivity contribution in [3.8, 4) is 0 Å². The number of hydrogen-bond acceptors (Lipinski definition) is 2. The summed E-state index contributed by atoms with van der Waals surface area (Å²) in [6, 6.07) is 9.96. The lowest BCUT2D eigenvalue weighted by molar-refractivity contribution is -0.113. The van der Waals surface area contributed by atoms with Gasteiger partial charge >= 0.3 is 0 Å². The summed E-state index contributed by atoms with van der Waals surface area (Å²) >= 11 is 5.71. The maximum Gasteiger partial charge on any atom is 0.267 e. The van der Waals surface area contributed by atoms with E-state index in [9.17, 15) is 4.79 Å². The van der Waals surface area contributed by atoms with Crippen LogP contribution in [0.5, 0.6) is 0 Å². The highest BCUT2D eigenvalue weighted by Gasteiger charge is 2.15. The van der Waals surface area contributed by atoms with E-state index in [1.807, 2.05) is 54.9 Å². The zero-order chi connectivity index (χ0) is 16.1. The summed E-state index contributed by atoms with van der Waals surface area (Å²) in [5.74, 6) is 0.611. The second-order valence-electron chi connectivity index (χ2n) is 5.59. The van der Waals surface area contributed by atoms with Crippen LogP contribution in [0.4, 0.5) is 0 Å². The van der Waals surface area contributed by atoms with Gasteiger partial charge in [-0.2, -0.15) is 0 Å². The monoisotopic (exact) mass is 329 g/mol. The van der Waals surface area contributed by atoms with Gasteiger partial charge in [-0.15, -0.1) is 11.6 Å². The fraction of sp³-hybridized carbons (Fsp3) is 0.278. The number of carbonyl (C=O) groups excluding carboxylic acids is 1. The molecule has 0 saturated heterocycles. The van der Waals surface area contributed by atoms with E-state index in [0.29, 0.717) is 12.4 Å². The summed E-state index contributed by atoms with van der Waals surface area (Å²) in [4.78, 5) is 14.7. The smallest absolute Gasteiger partial charge is 0.267 e. The summed E-state index contributed by atoms with van der Waals surface area (Å²) in [5, 5.41) is 1.10. The van der Waals surface area contributed by atoms with Crippen molar-refractivity contribution in [3.63, 3.8) is 0 Å². The molecule has 1 N–H and O–H groups in total. The van der Waals surface area contributed by atoms with E-state index >= 15 is 0 Å². The highest BCUT2D eigenvalue weighted by atomic mass is 35.5. The molecular weight excluding hydrogens is 310 g/mol. The van der Waals surface area contributed by atoms with Crippen molar-refractivity contribution in [3.05, 3.63) is 60.5 Å². The minimum Gasteiger partial charge on any atom is -0.373 e. The Morgan fingerprint density at radius 1 is 1.22 bits per heavy atom. The topological polar surface area (TPSA) is 37.3 Å². The maximum atomic E-state index is 12.5. The van der Waals surface area contributed by atoms with Crippen molar-refractivity contribution in [1.29, 1.82) is 0 Å². The molecule has 0 spiro atoms. The molecule has 4 nitrogen and oxygen atoms in total. The second kappa shape index (κ2) is 7.38. The molecule has 1 aromatic heterocycles. The molecule has 0 atom stereocenters. The lowest BCUT2D eigenvalue weighted by Gasteiger charge is -2.24. The number of unbranched alkanes of at least 4 members (excludes halogenated alkanes) is 1. The normalized spacial score (nSPS) is 14.1. The van der Waals surface area contributed by atoms with E-state index < -0.39 is 0 Å². The lowest BCUT2D eigenvalue weighted by Crippen LogP contribution is -2.31. The third kappa shape index (κ3) is 3.77. The van der Waals surface area contributed by atoms with Gasteiger partial charge in [0.05, 0.1) is 5.52 Å². The van der Waals surface area contributed by atoms with E-state index in [1.165, 1.54) is 0 Å². The zero-order valence-electron chi connectivity index (χ0n) is 12.9. The quantitative estimate of drug-likeness (QED) is 0.650. The van der Waals surface area contributed by atoms with Gasteiger partial charge in [0.25, 0.3) is 5.91 Å². The lowest BCUT2D eigenvalue weighted by atomic mass is 10.1. The molecule has 0 aliphatic carbocycles. The van der Waals surface area contributed by atoms with Crippen molar-refractivity contribution < 1.29 is 4.79 Å². The predicted molar refractivity (Wildman–Crippen MR) is 95.1 cm³/mol. The Balaban J connectivity index is 1.64. The van der Waals surface area contributed by atoms with Crippen LogP contribution in [0.3, 0.4) is 0 Å². The van der Waals surface area contributed by atoms with Crippen LogP contribution < -0.4 is 5.43 Å². The molecule has 1 amide bonds. The number of aromatic nitrogens is 1. The van der Waals surface area contributed by atoms with Gasteiger partial charge in [-0.1, -0.05) is 24.3 Å². The number of amides is 1. The Labute approximate surface area is 141 Å². The number of benzene rings is 1. The van der Waals surface area contributed by atoms with E-state index in [-0.39, 0.29) is 5.91 Å². The number of halogens is 1. The number of rotatable bonds is 6. The molecular formula is C18H20ClN3O. The van der Waals surface area contributed by atoms with E-state index in [1.54, 1.807) is 4.68 Å². The molecule has 23 heavy (non-hydrogen) atoms. The largest absolute Gasteiger partial charge is 0.373 e. The van der Waals surface area contributed by atoms with Crippen molar-refractivity contribution in [2.24, 2.45) is 0 Å². The molecule has 0 radical (unpaired) electrons. The fourth-order valence-corrected chi connectivity index (χ4v) is 2.87. The number of para-hydroxylation sites is 1. The first-order valence-electron chi connectivity index (χ1n) is 7.83. The number of hydrogen-bond donors (Lipinski definition) is 1. The summed E-state index contributed by atoms with van der Waals surface area (Å²) < 4.78 is 1.77. The van der Waals surface area contributed by atoms with Crippen molar-refractivity contribution in [2.45, 2.75) is 12.8 Å². The van der Waals surface area contributed by atoms with E-state index in [4.69, 9.17) is 11.6 Å². The van der Waals surface area contributed by atoms with Crippen LogP contribution in [-0.2, 0) is 4.79 Å². The van der Waals surface area contributed by atoms with Crippen LogP contribution in [0.25, 0.3) is 10.9 Å². The molecule has 5 heteroatoms. The Hall–Kier alpha value is -2.20. The summed E-state index contributed by atoms with van der Waals surface area (Å²) in [6.07, 6.45) is 9.72. The van der Waals surface area contributed by atoms with Gasteiger partial charge in [0.2, 0.25) is 0 Å². The third-order valence-corrected chi connectivity index (χ3v) is 4.18. The van der Waals surface area contributed by atoms with E-state index in [2.05, 4.69) is 10.3 Å². The first-order chi connectivity index (χ1) is 11.3. The summed E-state index contributed by atoms with van der Waals surface area (Å²) in [6.45, 7) is 1.55. The van der Waals surface area contributed by atoms with Crippen LogP contribution in [0.2, 0.25) is 0 Å². The van der Waals surface area contributed by atoms with Crippen LogP contribution in [-0.4, -0.2) is 34.5 Å². The highest BCUT2D eigenvalue weighted by molar-refractivity contribution is 6.17. The average Bonchev–Trinajstić information content (AvgIpc) is 2.99. The summed E-state index contributed by atoms with van der Waals surface area (Å²) in [5.41, 5.74) is 4.70. The standard InChI is InChI=1S/C18H20ClN3O/c19-10-3-4-11-21-12-5-7-16(14-21)18(23)20-22-13-9-15-6-1-2-8-17(15)22/h1-2,5-9,12-13H,3-4,10-11,14H2,(H,20,23). The van der Waals surface area contributed by atoms with Crippen LogP contribution >= 0.6 is 11.6 Å². The van der Waals surface area contributed by atoms with Crippen molar-refractivity contribution in [1.82, 2.24) is 9.58 Å². The first-order valence-corrected chi connectivity index (χ1v) is 8.36. The highest BCUT2D eigenvalue weighted by Crippen LogP contribution is 2.15. The Morgan fingerprint density at radius 2 is 2.09 bits per heavy atom. The van der Waals surface area contributed by atoms with Gasteiger partial charge in [-0.25, -0.2) is 0 Å². The Kier molecular flexibility index (Phi) is 5.03. The minimum atomic E-state index is -0.0713. The van der Waals surface area contributed by atoms with Crippen LogP contribution in [0.15, 0.2) is 60.5 Å². The molecule has 120 valence electrons. The van der Waals surface area contributed by atoms with Gasteiger partial charge < -0.3 is 4.90 Å². The number of carbonyl (C=O) groups is 1. The zero-order valence-corrected chi connectivity index (χ0v) is 13.7. The SMILES string of the molecule is O=C(Nn1ccc2ccccc21)C1=CC=CN(CCCCCl)C1. The molecule has 1 aliphatic rings.